The lowest BCUT2D eigenvalue weighted by atomic mass is 10.0. The van der Waals surface area contributed by atoms with Crippen LogP contribution < -0.4 is 0 Å². The van der Waals surface area contributed by atoms with Gasteiger partial charge in [0.1, 0.15) is 6.07 Å². The molecule has 1 rings (SSSR count). The molecule has 0 aromatic heterocycles. The number of nitriles is 1. The van der Waals surface area contributed by atoms with Gasteiger partial charge in [-0.15, -0.1) is 12.6 Å². The summed E-state index contributed by atoms with van der Waals surface area (Å²) in [6.45, 7) is 1.81. The Labute approximate surface area is 109 Å². The molecule has 0 amide bonds. The summed E-state index contributed by atoms with van der Waals surface area (Å²) in [5.41, 5.74) is -0.216. The van der Waals surface area contributed by atoms with Crippen molar-refractivity contribution in [3.63, 3.8) is 0 Å². The van der Waals surface area contributed by atoms with E-state index < -0.39 is 10.9 Å². The molecular weight excluding hydrogens is 256 g/mol. The van der Waals surface area contributed by atoms with Gasteiger partial charge >= 0.3 is 5.97 Å². The molecule has 18 heavy (non-hydrogen) atoms. The lowest BCUT2D eigenvalue weighted by molar-refractivity contribution is -0.385. The predicted octanol–water partition coefficient (Wildman–Crippen LogP) is 1.86. The monoisotopic (exact) mass is 266 g/mol. The van der Waals surface area contributed by atoms with Crippen LogP contribution in [0.2, 0.25) is 0 Å². The first kappa shape index (κ1) is 14.0. The quantitative estimate of drug-likeness (QED) is 0.388. The fraction of sp³-hybridized carbons (Fsp3) is 0.273. The zero-order valence-electron chi connectivity index (χ0n) is 9.54. The summed E-state index contributed by atoms with van der Waals surface area (Å²) in [7, 11) is 0. The number of rotatable bonds is 4. The number of ether oxygens (including phenoxy) is 1. The number of nitrogens with zero attached hydrogens (tertiary/aromatic N) is 2. The van der Waals surface area contributed by atoms with Gasteiger partial charge in [0.05, 0.1) is 29.1 Å². The topological polar surface area (TPSA) is 93.2 Å². The Morgan fingerprint density at radius 2 is 2.28 bits per heavy atom. The summed E-state index contributed by atoms with van der Waals surface area (Å²) in [5.74, 6) is -0.615. The molecule has 0 saturated carbocycles. The molecule has 6 nitrogen and oxygen atoms in total. The summed E-state index contributed by atoms with van der Waals surface area (Å²) in [4.78, 5) is 21.9. The van der Waals surface area contributed by atoms with E-state index >= 15 is 0 Å². The molecule has 0 heterocycles. The second-order valence-electron chi connectivity index (χ2n) is 3.31. The molecule has 0 bridgehead atoms. The maximum Gasteiger partial charge on any atom is 0.310 e. The van der Waals surface area contributed by atoms with Gasteiger partial charge in [0.25, 0.3) is 5.69 Å². The van der Waals surface area contributed by atoms with Crippen LogP contribution in [0, 0.1) is 21.4 Å². The molecule has 1 aromatic carbocycles. The highest BCUT2D eigenvalue weighted by atomic mass is 32.1. The van der Waals surface area contributed by atoms with Crippen LogP contribution in [-0.4, -0.2) is 17.5 Å². The van der Waals surface area contributed by atoms with Gasteiger partial charge in [-0.2, -0.15) is 5.26 Å². The average molecular weight is 266 g/mol. The molecule has 0 aliphatic heterocycles. The van der Waals surface area contributed by atoms with E-state index in [1.54, 1.807) is 6.92 Å². The van der Waals surface area contributed by atoms with Crippen LogP contribution >= 0.6 is 12.6 Å². The largest absolute Gasteiger partial charge is 0.466 e. The van der Waals surface area contributed by atoms with E-state index in [0.29, 0.717) is 4.90 Å². The van der Waals surface area contributed by atoms with Crippen LogP contribution in [0.4, 0.5) is 5.69 Å². The first-order chi connectivity index (χ1) is 8.51. The van der Waals surface area contributed by atoms with Gasteiger partial charge in [0, 0.05) is 11.0 Å². The molecule has 0 atom stereocenters. The van der Waals surface area contributed by atoms with Crippen LogP contribution in [0.3, 0.4) is 0 Å². The zero-order valence-corrected chi connectivity index (χ0v) is 10.4. The molecule has 0 unspecified atom stereocenters. The average Bonchev–Trinajstić information content (AvgIpc) is 2.29. The highest BCUT2D eigenvalue weighted by Gasteiger charge is 2.22. The third-order valence-corrected chi connectivity index (χ3v) is 2.57. The maximum absolute atomic E-state index is 11.4. The highest BCUT2D eigenvalue weighted by Crippen LogP contribution is 2.27. The number of thiol groups is 1. The standard InChI is InChI=1S/C11H10N2O4S/c1-2-17-11(14)5-7-8(6-12)10(18)4-3-9(7)13(15)16/h3-4,18H,2,5H2,1H3. The van der Waals surface area contributed by atoms with Crippen molar-refractivity contribution in [2.75, 3.05) is 6.61 Å². The molecule has 0 N–H and O–H groups in total. The first-order valence-electron chi connectivity index (χ1n) is 5.06. The van der Waals surface area contributed by atoms with Crippen molar-refractivity contribution in [2.45, 2.75) is 18.2 Å². The molecule has 0 saturated heterocycles. The van der Waals surface area contributed by atoms with E-state index in [1.165, 1.54) is 12.1 Å². The van der Waals surface area contributed by atoms with Crippen LogP contribution in [-0.2, 0) is 16.0 Å². The Balaban J connectivity index is 3.29. The highest BCUT2D eigenvalue weighted by molar-refractivity contribution is 7.80. The van der Waals surface area contributed by atoms with E-state index in [1.807, 2.05) is 6.07 Å². The van der Waals surface area contributed by atoms with E-state index in [0.717, 1.165) is 0 Å². The summed E-state index contributed by atoms with van der Waals surface area (Å²) in [6.07, 6.45) is -0.318. The van der Waals surface area contributed by atoms with Crippen molar-refractivity contribution in [3.8, 4) is 6.07 Å². The summed E-state index contributed by atoms with van der Waals surface area (Å²) in [6, 6.07) is 4.39. The number of hydrogen-bond acceptors (Lipinski definition) is 6. The van der Waals surface area contributed by atoms with Crippen LogP contribution in [0.15, 0.2) is 17.0 Å². The lowest BCUT2D eigenvalue weighted by Gasteiger charge is -2.06. The number of hydrogen-bond donors (Lipinski definition) is 1. The maximum atomic E-state index is 11.4. The van der Waals surface area contributed by atoms with E-state index in [9.17, 15) is 14.9 Å². The Morgan fingerprint density at radius 3 is 2.78 bits per heavy atom. The van der Waals surface area contributed by atoms with Crippen molar-refractivity contribution >= 4 is 24.3 Å². The molecule has 1 aromatic rings. The molecule has 0 aliphatic rings. The number of carbonyl (C=O) groups is 1. The zero-order chi connectivity index (χ0) is 13.7. The molecule has 0 fully saturated rings. The Morgan fingerprint density at radius 1 is 1.61 bits per heavy atom. The molecular formula is C11H10N2O4S. The van der Waals surface area contributed by atoms with Crippen LogP contribution in [0.1, 0.15) is 18.1 Å². The van der Waals surface area contributed by atoms with Crippen molar-refractivity contribution in [1.29, 1.82) is 5.26 Å². The van der Waals surface area contributed by atoms with Gasteiger partial charge in [-0.1, -0.05) is 0 Å². The van der Waals surface area contributed by atoms with Gasteiger partial charge in [-0.25, -0.2) is 0 Å². The normalized spacial score (nSPS) is 9.61. The molecule has 0 radical (unpaired) electrons. The third kappa shape index (κ3) is 2.99. The fourth-order valence-corrected chi connectivity index (χ4v) is 1.72. The van der Waals surface area contributed by atoms with Gasteiger partial charge in [-0.05, 0) is 13.0 Å². The number of nitro groups is 1. The minimum atomic E-state index is -0.636. The first-order valence-corrected chi connectivity index (χ1v) is 5.51. The number of esters is 1. The fourth-order valence-electron chi connectivity index (χ4n) is 1.46. The second-order valence-corrected chi connectivity index (χ2v) is 3.79. The minimum absolute atomic E-state index is 0.0283. The second kappa shape index (κ2) is 6.02. The Kier molecular flexibility index (Phi) is 4.68. The Hall–Kier alpha value is -2.07. The number of carbonyl (C=O) groups excluding carboxylic acids is 1. The van der Waals surface area contributed by atoms with Crippen molar-refractivity contribution < 1.29 is 14.5 Å². The smallest absolute Gasteiger partial charge is 0.310 e. The van der Waals surface area contributed by atoms with Gasteiger partial charge < -0.3 is 4.74 Å². The van der Waals surface area contributed by atoms with E-state index in [2.05, 4.69) is 12.6 Å². The summed E-state index contributed by atoms with van der Waals surface area (Å²) >= 11 is 4.04. The van der Waals surface area contributed by atoms with Gasteiger partial charge in [-0.3, -0.25) is 14.9 Å². The van der Waals surface area contributed by atoms with Crippen molar-refractivity contribution in [3.05, 3.63) is 33.4 Å². The van der Waals surface area contributed by atoms with Crippen LogP contribution in [0.5, 0.6) is 0 Å². The predicted molar refractivity (Wildman–Crippen MR) is 65.4 cm³/mol. The van der Waals surface area contributed by atoms with Crippen molar-refractivity contribution in [2.24, 2.45) is 0 Å². The molecule has 0 aliphatic carbocycles. The molecule has 0 spiro atoms. The van der Waals surface area contributed by atoms with Gasteiger partial charge in [0.15, 0.2) is 0 Å². The van der Waals surface area contributed by atoms with Crippen LogP contribution in [0.25, 0.3) is 0 Å². The third-order valence-electron chi connectivity index (χ3n) is 2.20. The van der Waals surface area contributed by atoms with E-state index in [-0.39, 0.29) is 29.8 Å². The van der Waals surface area contributed by atoms with E-state index in [4.69, 9.17) is 10.00 Å². The minimum Gasteiger partial charge on any atom is -0.466 e. The summed E-state index contributed by atoms with van der Waals surface area (Å²) < 4.78 is 4.72. The number of nitro benzene ring substituents is 1. The lowest BCUT2D eigenvalue weighted by Crippen LogP contribution is -2.11. The summed E-state index contributed by atoms with van der Waals surface area (Å²) in [5, 5.41) is 19.8. The van der Waals surface area contributed by atoms with Gasteiger partial charge in [0.2, 0.25) is 0 Å². The molecule has 94 valence electrons. The van der Waals surface area contributed by atoms with Crippen molar-refractivity contribution in [1.82, 2.24) is 0 Å². The molecule has 7 heteroatoms. The SMILES string of the molecule is CCOC(=O)Cc1c([N+](=O)[O-])ccc(S)c1C#N. The Bertz CT molecular complexity index is 537. The number of benzene rings is 1.